The largest absolute Gasteiger partial charge is 0.496 e. The number of carbonyl (C=O) groups is 2. The minimum absolute atomic E-state index is 0.231. The summed E-state index contributed by atoms with van der Waals surface area (Å²) < 4.78 is 18.8. The van der Waals surface area contributed by atoms with E-state index in [9.17, 15) is 14.0 Å². The zero-order chi connectivity index (χ0) is 17.5. The van der Waals surface area contributed by atoms with Crippen molar-refractivity contribution >= 4 is 33.8 Å². The maximum atomic E-state index is 12.8. The molecule has 2 aromatic carbocycles. The van der Waals surface area contributed by atoms with Crippen LogP contribution in [0, 0.1) is 5.82 Å². The predicted molar refractivity (Wildman–Crippen MR) is 91.7 cm³/mol. The second-order valence-corrected chi connectivity index (χ2v) is 5.59. The van der Waals surface area contributed by atoms with Gasteiger partial charge in [-0.05, 0) is 48.5 Å². The molecule has 2 amide bonds. The number of amides is 2. The summed E-state index contributed by atoms with van der Waals surface area (Å²) in [6.45, 7) is 0. The van der Waals surface area contributed by atoms with E-state index >= 15 is 0 Å². The predicted octanol–water partition coefficient (Wildman–Crippen LogP) is 3.07. The van der Waals surface area contributed by atoms with Crippen molar-refractivity contribution in [2.75, 3.05) is 7.11 Å². The van der Waals surface area contributed by atoms with Crippen molar-refractivity contribution in [1.29, 1.82) is 0 Å². The van der Waals surface area contributed by atoms with Crippen LogP contribution in [0.15, 0.2) is 53.0 Å². The molecule has 0 radical (unpaired) electrons. The third-order valence-electron chi connectivity index (χ3n) is 3.01. The molecule has 0 saturated heterocycles. The molecule has 7 heteroatoms. The normalized spacial score (nSPS) is 10.5. The molecule has 2 aromatic rings. The van der Waals surface area contributed by atoms with E-state index in [1.54, 1.807) is 18.2 Å². The summed E-state index contributed by atoms with van der Waals surface area (Å²) in [5, 5.41) is 0. The van der Waals surface area contributed by atoms with Crippen LogP contribution in [0.25, 0.3) is 6.08 Å². The van der Waals surface area contributed by atoms with Gasteiger partial charge in [-0.15, -0.1) is 0 Å². The summed E-state index contributed by atoms with van der Waals surface area (Å²) in [6, 6.07) is 10.3. The number of benzene rings is 2. The molecular formula is C17H14BrFN2O3. The van der Waals surface area contributed by atoms with Crippen LogP contribution in [0.3, 0.4) is 0 Å². The number of carbonyl (C=O) groups excluding carboxylic acids is 2. The van der Waals surface area contributed by atoms with Crippen LogP contribution in [0.5, 0.6) is 5.75 Å². The van der Waals surface area contributed by atoms with Crippen molar-refractivity contribution in [3.63, 3.8) is 0 Å². The van der Waals surface area contributed by atoms with Crippen molar-refractivity contribution < 1.29 is 18.7 Å². The highest BCUT2D eigenvalue weighted by atomic mass is 79.9. The molecule has 2 N–H and O–H groups in total. The Hall–Kier alpha value is -2.67. The molecule has 2 rings (SSSR count). The summed E-state index contributed by atoms with van der Waals surface area (Å²) in [6.07, 6.45) is 2.82. The molecule has 0 aromatic heterocycles. The van der Waals surface area contributed by atoms with Gasteiger partial charge >= 0.3 is 0 Å². The van der Waals surface area contributed by atoms with Crippen molar-refractivity contribution in [3.05, 3.63) is 70.0 Å². The maximum Gasteiger partial charge on any atom is 0.269 e. The van der Waals surface area contributed by atoms with E-state index < -0.39 is 17.6 Å². The summed E-state index contributed by atoms with van der Waals surface area (Å²) in [4.78, 5) is 23.5. The smallest absolute Gasteiger partial charge is 0.269 e. The van der Waals surface area contributed by atoms with Crippen molar-refractivity contribution in [2.45, 2.75) is 0 Å². The average molecular weight is 393 g/mol. The zero-order valence-corrected chi connectivity index (χ0v) is 14.3. The second kappa shape index (κ2) is 8.26. The number of rotatable bonds is 4. The van der Waals surface area contributed by atoms with Gasteiger partial charge < -0.3 is 4.74 Å². The first-order chi connectivity index (χ1) is 11.5. The van der Waals surface area contributed by atoms with Crippen LogP contribution in [0.4, 0.5) is 4.39 Å². The van der Waals surface area contributed by atoms with Gasteiger partial charge in [0, 0.05) is 21.7 Å². The maximum absolute atomic E-state index is 12.8. The zero-order valence-electron chi connectivity index (χ0n) is 12.7. The molecule has 0 aliphatic rings. The number of halogens is 2. The van der Waals surface area contributed by atoms with Crippen molar-refractivity contribution in [3.8, 4) is 5.75 Å². The van der Waals surface area contributed by atoms with E-state index in [0.717, 1.165) is 16.6 Å². The highest BCUT2D eigenvalue weighted by Crippen LogP contribution is 2.23. The Morgan fingerprint density at radius 1 is 1.12 bits per heavy atom. The van der Waals surface area contributed by atoms with Crippen LogP contribution >= 0.6 is 15.9 Å². The van der Waals surface area contributed by atoms with Crippen LogP contribution in [-0.4, -0.2) is 18.9 Å². The van der Waals surface area contributed by atoms with Gasteiger partial charge in [-0.1, -0.05) is 15.9 Å². The van der Waals surface area contributed by atoms with E-state index in [1.807, 2.05) is 6.07 Å². The summed E-state index contributed by atoms with van der Waals surface area (Å²) in [5.74, 6) is -0.900. The molecule has 5 nitrogen and oxygen atoms in total. The molecule has 0 heterocycles. The lowest BCUT2D eigenvalue weighted by molar-refractivity contribution is -0.117. The first-order valence-electron chi connectivity index (χ1n) is 6.87. The summed E-state index contributed by atoms with van der Waals surface area (Å²) >= 11 is 3.34. The summed E-state index contributed by atoms with van der Waals surface area (Å²) in [7, 11) is 1.53. The molecule has 0 spiro atoms. The number of nitrogens with one attached hydrogen (secondary N) is 2. The minimum atomic E-state index is -0.545. The van der Waals surface area contributed by atoms with Gasteiger partial charge in [0.15, 0.2) is 0 Å². The fourth-order valence-electron chi connectivity index (χ4n) is 1.83. The third kappa shape index (κ3) is 4.92. The van der Waals surface area contributed by atoms with E-state index in [-0.39, 0.29) is 5.56 Å². The van der Waals surface area contributed by atoms with Gasteiger partial charge in [0.2, 0.25) is 0 Å². The SMILES string of the molecule is COc1ccc(Br)cc1/C=C/C(=O)NNC(=O)c1ccc(F)cc1. The van der Waals surface area contributed by atoms with Crippen LogP contribution < -0.4 is 15.6 Å². The van der Waals surface area contributed by atoms with E-state index in [4.69, 9.17) is 4.74 Å². The van der Waals surface area contributed by atoms with Gasteiger partial charge in [-0.3, -0.25) is 20.4 Å². The van der Waals surface area contributed by atoms with Crippen LogP contribution in [0.1, 0.15) is 15.9 Å². The van der Waals surface area contributed by atoms with Gasteiger partial charge in [-0.2, -0.15) is 0 Å². The lowest BCUT2D eigenvalue weighted by Crippen LogP contribution is -2.40. The molecule has 24 heavy (non-hydrogen) atoms. The Morgan fingerprint density at radius 3 is 2.50 bits per heavy atom. The lowest BCUT2D eigenvalue weighted by atomic mass is 10.2. The molecular weight excluding hydrogens is 379 g/mol. The fraction of sp³-hybridized carbons (Fsp3) is 0.0588. The fourth-order valence-corrected chi connectivity index (χ4v) is 2.21. The van der Waals surface area contributed by atoms with Crippen molar-refractivity contribution in [1.82, 2.24) is 10.9 Å². The lowest BCUT2D eigenvalue weighted by Gasteiger charge is -2.06. The Bertz CT molecular complexity index is 776. The Morgan fingerprint density at radius 2 is 1.83 bits per heavy atom. The molecule has 0 fully saturated rings. The monoisotopic (exact) mass is 392 g/mol. The number of hydrogen-bond donors (Lipinski definition) is 2. The number of ether oxygens (including phenoxy) is 1. The number of hydrogen-bond acceptors (Lipinski definition) is 3. The molecule has 0 saturated carbocycles. The first kappa shape index (κ1) is 17.7. The quantitative estimate of drug-likeness (QED) is 0.620. The number of hydrazine groups is 1. The molecule has 0 unspecified atom stereocenters. The molecule has 0 atom stereocenters. The Kier molecular flexibility index (Phi) is 6.08. The molecule has 0 bridgehead atoms. The molecule has 0 aliphatic heterocycles. The van der Waals surface area contributed by atoms with Gasteiger partial charge in [0.1, 0.15) is 11.6 Å². The van der Waals surface area contributed by atoms with Gasteiger partial charge in [0.25, 0.3) is 11.8 Å². The second-order valence-electron chi connectivity index (χ2n) is 4.67. The number of methoxy groups -OCH3 is 1. The van der Waals surface area contributed by atoms with E-state index in [2.05, 4.69) is 26.8 Å². The first-order valence-corrected chi connectivity index (χ1v) is 7.66. The Balaban J connectivity index is 1.94. The minimum Gasteiger partial charge on any atom is -0.496 e. The van der Waals surface area contributed by atoms with E-state index in [1.165, 1.54) is 25.3 Å². The van der Waals surface area contributed by atoms with Crippen LogP contribution in [0.2, 0.25) is 0 Å². The Labute approximate surface area is 146 Å². The summed E-state index contributed by atoms with van der Waals surface area (Å²) in [5.41, 5.74) is 5.42. The molecule has 124 valence electrons. The highest BCUT2D eigenvalue weighted by molar-refractivity contribution is 9.10. The highest BCUT2D eigenvalue weighted by Gasteiger charge is 2.06. The standard InChI is InChI=1S/C17H14BrFN2O3/c1-24-15-8-5-13(18)10-12(15)4-9-16(22)20-21-17(23)11-2-6-14(19)7-3-11/h2-10H,1H3,(H,20,22)(H,21,23)/b9-4+. The molecule has 0 aliphatic carbocycles. The van der Waals surface area contributed by atoms with Crippen LogP contribution in [-0.2, 0) is 4.79 Å². The van der Waals surface area contributed by atoms with Crippen molar-refractivity contribution in [2.24, 2.45) is 0 Å². The van der Waals surface area contributed by atoms with Gasteiger partial charge in [0.05, 0.1) is 7.11 Å². The van der Waals surface area contributed by atoms with Gasteiger partial charge in [-0.25, -0.2) is 4.39 Å². The third-order valence-corrected chi connectivity index (χ3v) is 3.50. The topological polar surface area (TPSA) is 67.4 Å². The van der Waals surface area contributed by atoms with E-state index in [0.29, 0.717) is 11.3 Å². The average Bonchev–Trinajstić information content (AvgIpc) is 2.58.